The molecule has 0 saturated carbocycles. The highest BCUT2D eigenvalue weighted by Crippen LogP contribution is 2.49. The van der Waals surface area contributed by atoms with E-state index in [1.165, 1.54) is 0 Å². The van der Waals surface area contributed by atoms with E-state index in [0.717, 1.165) is 60.7 Å². The molecule has 0 aliphatic heterocycles. The maximum atomic E-state index is 11.5. The highest BCUT2D eigenvalue weighted by atomic mass is 16.5. The van der Waals surface area contributed by atoms with Gasteiger partial charge in [-0.15, -0.1) is 0 Å². The van der Waals surface area contributed by atoms with E-state index >= 15 is 0 Å². The number of phenols is 1. The van der Waals surface area contributed by atoms with Crippen LogP contribution in [0.25, 0.3) is 54.9 Å². The number of benzene rings is 6. The Balaban J connectivity index is 1.72. The Morgan fingerprint density at radius 1 is 0.486 bits per heavy atom. The van der Waals surface area contributed by atoms with Gasteiger partial charge in [0.2, 0.25) is 0 Å². The summed E-state index contributed by atoms with van der Waals surface area (Å²) < 4.78 is 5.98. The van der Waals surface area contributed by atoms with E-state index in [1.54, 1.807) is 7.11 Å². The van der Waals surface area contributed by atoms with Crippen molar-refractivity contribution < 1.29 is 9.84 Å². The van der Waals surface area contributed by atoms with E-state index in [-0.39, 0.29) is 5.75 Å². The largest absolute Gasteiger partial charge is 0.507 e. The van der Waals surface area contributed by atoms with E-state index in [4.69, 9.17) is 4.74 Å². The van der Waals surface area contributed by atoms with Crippen LogP contribution in [0.4, 0.5) is 0 Å². The Kier molecular flexibility index (Phi) is 5.20. The molecular formula is C33H24O2. The minimum atomic E-state index is 0.235. The average Bonchev–Trinajstić information content (AvgIpc) is 2.93. The minimum absolute atomic E-state index is 0.235. The third-order valence-electron chi connectivity index (χ3n) is 6.67. The van der Waals surface area contributed by atoms with Crippen molar-refractivity contribution in [3.8, 4) is 44.9 Å². The van der Waals surface area contributed by atoms with Crippen LogP contribution in [0.5, 0.6) is 11.5 Å². The monoisotopic (exact) mass is 452 g/mol. The molecule has 0 unspecified atom stereocenters. The number of hydrogen-bond acceptors (Lipinski definition) is 2. The molecule has 0 aliphatic rings. The molecule has 0 bridgehead atoms. The summed E-state index contributed by atoms with van der Waals surface area (Å²) in [5.41, 5.74) is 5.99. The zero-order valence-electron chi connectivity index (χ0n) is 19.4. The van der Waals surface area contributed by atoms with Crippen LogP contribution >= 0.6 is 0 Å². The molecule has 0 aliphatic carbocycles. The lowest BCUT2D eigenvalue weighted by atomic mass is 9.86. The van der Waals surface area contributed by atoms with Crippen molar-refractivity contribution in [2.24, 2.45) is 0 Å². The van der Waals surface area contributed by atoms with Crippen molar-refractivity contribution in [2.75, 3.05) is 7.11 Å². The van der Waals surface area contributed by atoms with Crippen LogP contribution in [0.3, 0.4) is 0 Å². The van der Waals surface area contributed by atoms with Crippen LogP contribution in [0.15, 0.2) is 121 Å². The van der Waals surface area contributed by atoms with Gasteiger partial charge in [-0.25, -0.2) is 0 Å². The van der Waals surface area contributed by atoms with Crippen molar-refractivity contribution in [3.63, 3.8) is 0 Å². The predicted molar refractivity (Wildman–Crippen MR) is 146 cm³/mol. The second kappa shape index (κ2) is 8.66. The van der Waals surface area contributed by atoms with Gasteiger partial charge in [-0.1, -0.05) is 109 Å². The summed E-state index contributed by atoms with van der Waals surface area (Å²) in [6, 6.07) is 41.1. The number of hydrogen-bond donors (Lipinski definition) is 1. The third kappa shape index (κ3) is 3.51. The summed E-state index contributed by atoms with van der Waals surface area (Å²) >= 11 is 0. The van der Waals surface area contributed by atoms with Gasteiger partial charge in [0.05, 0.1) is 7.11 Å². The van der Waals surface area contributed by atoms with Crippen molar-refractivity contribution in [2.45, 2.75) is 0 Å². The van der Waals surface area contributed by atoms with E-state index in [0.29, 0.717) is 0 Å². The van der Waals surface area contributed by atoms with Crippen LogP contribution in [0, 0.1) is 0 Å². The zero-order chi connectivity index (χ0) is 23.8. The molecule has 6 rings (SSSR count). The Labute approximate surface area is 204 Å². The molecule has 35 heavy (non-hydrogen) atoms. The van der Waals surface area contributed by atoms with Gasteiger partial charge in [-0.3, -0.25) is 0 Å². The highest BCUT2D eigenvalue weighted by Gasteiger charge is 2.21. The lowest BCUT2D eigenvalue weighted by Crippen LogP contribution is -1.95. The van der Waals surface area contributed by atoms with Crippen LogP contribution in [0.2, 0.25) is 0 Å². The molecule has 0 amide bonds. The molecule has 0 spiro atoms. The fraction of sp³-hybridized carbons (Fsp3) is 0.0303. The molecular weight excluding hydrogens is 428 g/mol. The van der Waals surface area contributed by atoms with Crippen LogP contribution in [-0.4, -0.2) is 12.2 Å². The first-order valence-electron chi connectivity index (χ1n) is 11.7. The third-order valence-corrected chi connectivity index (χ3v) is 6.67. The van der Waals surface area contributed by atoms with Crippen molar-refractivity contribution in [1.82, 2.24) is 0 Å². The predicted octanol–water partition coefficient (Wildman–Crippen LogP) is 8.71. The summed E-state index contributed by atoms with van der Waals surface area (Å²) in [5.74, 6) is 0.967. The summed E-state index contributed by atoms with van der Waals surface area (Å²) in [5, 5.41) is 15.7. The number of rotatable bonds is 4. The lowest BCUT2D eigenvalue weighted by Gasteiger charge is -2.20. The Bertz CT molecular complexity index is 1670. The number of fused-ring (bicyclic) bond motifs is 2. The molecule has 2 heteroatoms. The highest BCUT2D eigenvalue weighted by molar-refractivity contribution is 6.15. The SMILES string of the molecule is COc1cc(-c2ccccc2)c2ccccc2c1-c1c(O)cc(-c2ccccc2)c2ccccc12. The second-order valence-corrected chi connectivity index (χ2v) is 8.64. The molecule has 6 aromatic carbocycles. The zero-order valence-corrected chi connectivity index (χ0v) is 19.4. The Hall–Kier alpha value is -4.56. The van der Waals surface area contributed by atoms with E-state index in [1.807, 2.05) is 60.7 Å². The summed E-state index contributed by atoms with van der Waals surface area (Å²) in [6.07, 6.45) is 0. The molecule has 0 heterocycles. The van der Waals surface area contributed by atoms with E-state index < -0.39 is 0 Å². The van der Waals surface area contributed by atoms with Gasteiger partial charge < -0.3 is 9.84 Å². The van der Waals surface area contributed by atoms with Gasteiger partial charge in [0.25, 0.3) is 0 Å². The Morgan fingerprint density at radius 3 is 1.43 bits per heavy atom. The maximum Gasteiger partial charge on any atom is 0.128 e. The topological polar surface area (TPSA) is 29.5 Å². The van der Waals surface area contributed by atoms with Gasteiger partial charge in [0.1, 0.15) is 11.5 Å². The first-order valence-corrected chi connectivity index (χ1v) is 11.7. The number of phenolic OH excluding ortho intramolecular Hbond substituents is 1. The summed E-state index contributed by atoms with van der Waals surface area (Å²) in [7, 11) is 1.69. The van der Waals surface area contributed by atoms with Crippen molar-refractivity contribution in [1.29, 1.82) is 0 Å². The van der Waals surface area contributed by atoms with E-state index in [2.05, 4.69) is 60.7 Å². The molecule has 2 nitrogen and oxygen atoms in total. The first kappa shape index (κ1) is 21.0. The van der Waals surface area contributed by atoms with Gasteiger partial charge in [0, 0.05) is 11.1 Å². The van der Waals surface area contributed by atoms with Crippen molar-refractivity contribution in [3.05, 3.63) is 121 Å². The van der Waals surface area contributed by atoms with Gasteiger partial charge in [-0.2, -0.15) is 0 Å². The fourth-order valence-electron chi connectivity index (χ4n) is 5.11. The van der Waals surface area contributed by atoms with Gasteiger partial charge in [-0.05, 0) is 55.9 Å². The summed E-state index contributed by atoms with van der Waals surface area (Å²) in [6.45, 7) is 0. The molecule has 1 N–H and O–H groups in total. The average molecular weight is 453 g/mol. The molecule has 0 atom stereocenters. The van der Waals surface area contributed by atoms with Crippen LogP contribution < -0.4 is 4.74 Å². The minimum Gasteiger partial charge on any atom is -0.507 e. The van der Waals surface area contributed by atoms with Gasteiger partial charge >= 0.3 is 0 Å². The molecule has 0 saturated heterocycles. The fourth-order valence-corrected chi connectivity index (χ4v) is 5.11. The van der Waals surface area contributed by atoms with Crippen LogP contribution in [-0.2, 0) is 0 Å². The summed E-state index contributed by atoms with van der Waals surface area (Å²) in [4.78, 5) is 0. The van der Waals surface area contributed by atoms with E-state index in [9.17, 15) is 5.11 Å². The number of methoxy groups -OCH3 is 1. The van der Waals surface area contributed by atoms with Crippen molar-refractivity contribution >= 4 is 21.5 Å². The quantitative estimate of drug-likeness (QED) is 0.290. The molecule has 0 aromatic heterocycles. The molecule has 0 radical (unpaired) electrons. The first-order chi connectivity index (χ1) is 17.3. The molecule has 6 aromatic rings. The second-order valence-electron chi connectivity index (χ2n) is 8.64. The smallest absolute Gasteiger partial charge is 0.128 e. The lowest BCUT2D eigenvalue weighted by molar-refractivity contribution is 0.416. The standard InChI is InChI=1S/C33H24O2/c1-35-31-21-29(23-14-6-3-7-15-23)25-17-9-11-19-27(25)33(31)32-26-18-10-8-16-24(26)28(20-30(32)34)22-12-4-2-5-13-22/h2-21,34H,1H3. The Morgan fingerprint density at radius 2 is 0.914 bits per heavy atom. The normalized spacial score (nSPS) is 11.1. The van der Waals surface area contributed by atoms with Crippen LogP contribution in [0.1, 0.15) is 0 Å². The number of aromatic hydroxyl groups is 1. The molecule has 0 fully saturated rings. The molecule has 168 valence electrons. The maximum absolute atomic E-state index is 11.5. The number of ether oxygens (including phenoxy) is 1. The van der Waals surface area contributed by atoms with Gasteiger partial charge in [0.15, 0.2) is 0 Å².